The van der Waals surface area contributed by atoms with Gasteiger partial charge in [-0.2, -0.15) is 0 Å². The van der Waals surface area contributed by atoms with E-state index in [4.69, 9.17) is 4.74 Å². The van der Waals surface area contributed by atoms with E-state index in [0.29, 0.717) is 11.3 Å². The van der Waals surface area contributed by atoms with Crippen LogP contribution in [0.15, 0.2) is 18.2 Å². The van der Waals surface area contributed by atoms with Crippen LogP contribution in [0, 0.1) is 6.92 Å². The lowest BCUT2D eigenvalue weighted by atomic mass is 10.1. The number of imide groups is 1. The summed E-state index contributed by atoms with van der Waals surface area (Å²) in [5, 5.41) is 2.22. The van der Waals surface area contributed by atoms with Crippen molar-refractivity contribution in [3.05, 3.63) is 29.3 Å². The molecular weight excluding hydrogens is 182 g/mol. The van der Waals surface area contributed by atoms with Crippen molar-refractivity contribution in [2.24, 2.45) is 0 Å². The number of rotatable bonds is 0. The number of hydrogen-bond donors (Lipinski definition) is 1. The number of benzene rings is 1. The number of carbonyl (C=O) groups excluding carboxylic acids is 2. The van der Waals surface area contributed by atoms with E-state index in [1.165, 1.54) is 0 Å². The van der Waals surface area contributed by atoms with Crippen LogP contribution in [-0.2, 0) is 4.79 Å². The Kier molecular flexibility index (Phi) is 1.96. The van der Waals surface area contributed by atoms with Gasteiger partial charge < -0.3 is 4.74 Å². The summed E-state index contributed by atoms with van der Waals surface area (Å²) in [5.41, 5.74) is 1.37. The largest absolute Gasteiger partial charge is 0.483 e. The fourth-order valence-corrected chi connectivity index (χ4v) is 1.32. The SMILES string of the molecule is Cc1ccc2c(c1)C(=O)NC(=O)CO2. The summed E-state index contributed by atoms with van der Waals surface area (Å²) in [7, 11) is 0. The molecular formula is C10H9NO3. The normalized spacial score (nSPS) is 15.2. The van der Waals surface area contributed by atoms with Gasteiger partial charge in [0.1, 0.15) is 5.75 Å². The second kappa shape index (κ2) is 3.14. The summed E-state index contributed by atoms with van der Waals surface area (Å²) in [6.07, 6.45) is 0. The fraction of sp³-hybridized carbons (Fsp3) is 0.200. The van der Waals surface area contributed by atoms with Crippen LogP contribution >= 0.6 is 0 Å². The highest BCUT2D eigenvalue weighted by atomic mass is 16.5. The first-order chi connectivity index (χ1) is 6.66. The second-order valence-electron chi connectivity index (χ2n) is 3.17. The van der Waals surface area contributed by atoms with Gasteiger partial charge in [0, 0.05) is 0 Å². The lowest BCUT2D eigenvalue weighted by Crippen LogP contribution is -2.31. The zero-order valence-corrected chi connectivity index (χ0v) is 7.66. The Balaban J connectivity index is 2.49. The van der Waals surface area contributed by atoms with Crippen molar-refractivity contribution < 1.29 is 14.3 Å². The van der Waals surface area contributed by atoms with Crippen molar-refractivity contribution in [1.29, 1.82) is 0 Å². The van der Waals surface area contributed by atoms with E-state index in [2.05, 4.69) is 5.32 Å². The molecule has 0 atom stereocenters. The molecule has 1 aromatic carbocycles. The molecule has 2 amide bonds. The van der Waals surface area contributed by atoms with Crippen molar-refractivity contribution in [3.63, 3.8) is 0 Å². The molecule has 2 rings (SSSR count). The van der Waals surface area contributed by atoms with E-state index in [0.717, 1.165) is 5.56 Å². The van der Waals surface area contributed by atoms with E-state index in [1.807, 2.05) is 13.0 Å². The quantitative estimate of drug-likeness (QED) is 0.612. The molecule has 1 aromatic rings. The van der Waals surface area contributed by atoms with Crippen LogP contribution < -0.4 is 10.1 Å². The lowest BCUT2D eigenvalue weighted by molar-refractivity contribution is -0.121. The summed E-state index contributed by atoms with van der Waals surface area (Å²) in [6, 6.07) is 5.23. The van der Waals surface area contributed by atoms with Crippen molar-refractivity contribution >= 4 is 11.8 Å². The van der Waals surface area contributed by atoms with Crippen LogP contribution in [0.1, 0.15) is 15.9 Å². The van der Waals surface area contributed by atoms with Gasteiger partial charge in [0.25, 0.3) is 11.8 Å². The first kappa shape index (κ1) is 8.74. The molecule has 1 N–H and O–H groups in total. The molecule has 1 aliphatic rings. The van der Waals surface area contributed by atoms with Crippen LogP contribution in [0.25, 0.3) is 0 Å². The van der Waals surface area contributed by atoms with Gasteiger partial charge in [-0.25, -0.2) is 0 Å². The highest BCUT2D eigenvalue weighted by Gasteiger charge is 2.20. The Morgan fingerprint density at radius 2 is 2.14 bits per heavy atom. The van der Waals surface area contributed by atoms with Gasteiger partial charge in [0.05, 0.1) is 5.56 Å². The molecule has 0 fully saturated rings. The van der Waals surface area contributed by atoms with Crippen LogP contribution in [0.2, 0.25) is 0 Å². The molecule has 1 aliphatic heterocycles. The number of nitrogens with one attached hydrogen (secondary N) is 1. The summed E-state index contributed by atoms with van der Waals surface area (Å²) in [4.78, 5) is 22.4. The van der Waals surface area contributed by atoms with Crippen molar-refractivity contribution in [2.45, 2.75) is 6.92 Å². The van der Waals surface area contributed by atoms with E-state index in [1.54, 1.807) is 12.1 Å². The van der Waals surface area contributed by atoms with E-state index in [-0.39, 0.29) is 6.61 Å². The number of amides is 2. The highest BCUT2D eigenvalue weighted by molar-refractivity contribution is 6.07. The van der Waals surface area contributed by atoms with Gasteiger partial charge in [-0.05, 0) is 19.1 Å². The van der Waals surface area contributed by atoms with E-state index in [9.17, 15) is 9.59 Å². The predicted octanol–water partition coefficient (Wildman–Crippen LogP) is 0.644. The molecule has 0 unspecified atom stereocenters. The van der Waals surface area contributed by atoms with Crippen molar-refractivity contribution in [1.82, 2.24) is 5.32 Å². The Bertz CT molecular complexity index is 412. The van der Waals surface area contributed by atoms with E-state index < -0.39 is 11.8 Å². The first-order valence-corrected chi connectivity index (χ1v) is 4.24. The van der Waals surface area contributed by atoms with Gasteiger partial charge in [-0.15, -0.1) is 0 Å². The van der Waals surface area contributed by atoms with Crippen LogP contribution in [0.5, 0.6) is 5.75 Å². The fourth-order valence-electron chi connectivity index (χ4n) is 1.32. The van der Waals surface area contributed by atoms with Crippen LogP contribution in [-0.4, -0.2) is 18.4 Å². The minimum absolute atomic E-state index is 0.109. The standard InChI is InChI=1S/C10H9NO3/c1-6-2-3-8-7(4-6)10(13)11-9(12)5-14-8/h2-4H,5H2,1H3,(H,11,12,13). The minimum atomic E-state index is -0.413. The highest BCUT2D eigenvalue weighted by Crippen LogP contribution is 2.21. The van der Waals surface area contributed by atoms with E-state index >= 15 is 0 Å². The molecule has 0 aromatic heterocycles. The molecule has 0 saturated heterocycles. The molecule has 0 radical (unpaired) electrons. The van der Waals surface area contributed by atoms with Crippen LogP contribution in [0.3, 0.4) is 0 Å². The average molecular weight is 191 g/mol. The molecule has 4 heteroatoms. The van der Waals surface area contributed by atoms with Crippen molar-refractivity contribution in [2.75, 3.05) is 6.61 Å². The third-order valence-corrected chi connectivity index (χ3v) is 1.99. The molecule has 72 valence electrons. The molecule has 0 bridgehead atoms. The maximum atomic E-state index is 11.5. The summed E-state index contributed by atoms with van der Waals surface area (Å²) >= 11 is 0. The molecule has 0 saturated carbocycles. The van der Waals surface area contributed by atoms with Gasteiger partial charge in [0.2, 0.25) is 0 Å². The van der Waals surface area contributed by atoms with Gasteiger partial charge in [0.15, 0.2) is 6.61 Å². The third-order valence-electron chi connectivity index (χ3n) is 1.99. The Morgan fingerprint density at radius 3 is 2.93 bits per heavy atom. The molecule has 14 heavy (non-hydrogen) atoms. The molecule has 0 spiro atoms. The zero-order valence-electron chi connectivity index (χ0n) is 7.66. The summed E-state index contributed by atoms with van der Waals surface area (Å²) in [5.74, 6) is -0.353. The topological polar surface area (TPSA) is 55.4 Å². The Hall–Kier alpha value is -1.84. The minimum Gasteiger partial charge on any atom is -0.483 e. The lowest BCUT2D eigenvalue weighted by Gasteiger charge is -2.04. The maximum absolute atomic E-state index is 11.5. The Morgan fingerprint density at radius 1 is 1.36 bits per heavy atom. The molecule has 0 aliphatic carbocycles. The summed E-state index contributed by atoms with van der Waals surface area (Å²) < 4.78 is 5.15. The van der Waals surface area contributed by atoms with Gasteiger partial charge >= 0.3 is 0 Å². The molecule has 4 nitrogen and oxygen atoms in total. The predicted molar refractivity (Wildman–Crippen MR) is 49.1 cm³/mol. The van der Waals surface area contributed by atoms with Crippen molar-refractivity contribution in [3.8, 4) is 5.75 Å². The number of fused-ring (bicyclic) bond motifs is 1. The van der Waals surface area contributed by atoms with Gasteiger partial charge in [-0.1, -0.05) is 11.6 Å². The first-order valence-electron chi connectivity index (χ1n) is 4.24. The second-order valence-corrected chi connectivity index (χ2v) is 3.17. The van der Waals surface area contributed by atoms with Crippen LogP contribution in [0.4, 0.5) is 0 Å². The monoisotopic (exact) mass is 191 g/mol. The number of ether oxygens (including phenoxy) is 1. The number of hydrogen-bond acceptors (Lipinski definition) is 3. The third kappa shape index (κ3) is 1.46. The number of carbonyl (C=O) groups is 2. The zero-order chi connectivity index (χ0) is 10.1. The van der Waals surface area contributed by atoms with Gasteiger partial charge in [-0.3, -0.25) is 14.9 Å². The Labute approximate surface area is 80.9 Å². The average Bonchev–Trinajstić information content (AvgIpc) is 2.27. The maximum Gasteiger partial charge on any atom is 0.264 e. The molecule has 1 heterocycles. The summed E-state index contributed by atoms with van der Waals surface area (Å²) in [6.45, 7) is 1.77. The smallest absolute Gasteiger partial charge is 0.264 e. The number of aryl methyl sites for hydroxylation is 1.